The van der Waals surface area contributed by atoms with Crippen LogP contribution in [0.3, 0.4) is 0 Å². The molecule has 0 fully saturated rings. The van der Waals surface area contributed by atoms with E-state index in [9.17, 15) is 18.4 Å². The fourth-order valence-corrected chi connectivity index (χ4v) is 1.97. The fourth-order valence-electron chi connectivity index (χ4n) is 1.97. The number of alkyl halides is 2. The number of furan rings is 1. The zero-order valence-corrected chi connectivity index (χ0v) is 12.4. The van der Waals surface area contributed by atoms with Crippen LogP contribution in [0, 0.1) is 5.92 Å². The Morgan fingerprint density at radius 1 is 1.35 bits per heavy atom. The fraction of sp³-hybridized carbons (Fsp3) is 0.357. The molecule has 0 unspecified atom stereocenters. The molecule has 2 aromatic heterocycles. The molecule has 0 saturated heterocycles. The molecule has 2 N–H and O–H groups in total. The molecule has 7 nitrogen and oxygen atoms in total. The van der Waals surface area contributed by atoms with Crippen LogP contribution in [0.4, 0.5) is 14.5 Å². The molecule has 0 aromatic carbocycles. The Kier molecular flexibility index (Phi) is 4.77. The Morgan fingerprint density at radius 2 is 2.00 bits per heavy atom. The minimum atomic E-state index is -2.82. The zero-order valence-electron chi connectivity index (χ0n) is 12.4. The van der Waals surface area contributed by atoms with Crippen molar-refractivity contribution in [2.24, 2.45) is 5.92 Å². The van der Waals surface area contributed by atoms with Crippen LogP contribution < -0.4 is 5.32 Å². The number of hydrogen-bond donors (Lipinski definition) is 2. The highest BCUT2D eigenvalue weighted by atomic mass is 19.3. The van der Waals surface area contributed by atoms with Crippen LogP contribution in [-0.4, -0.2) is 26.8 Å². The molecule has 124 valence electrons. The molecule has 0 saturated carbocycles. The van der Waals surface area contributed by atoms with E-state index >= 15 is 0 Å². The molecule has 0 aliphatic carbocycles. The van der Waals surface area contributed by atoms with E-state index in [1.165, 1.54) is 0 Å². The van der Waals surface area contributed by atoms with Crippen molar-refractivity contribution in [1.29, 1.82) is 0 Å². The average molecular weight is 327 g/mol. The number of aromatic carboxylic acids is 1. The molecule has 2 heterocycles. The number of carboxylic acid groups (broad SMARTS) is 1. The van der Waals surface area contributed by atoms with Crippen molar-refractivity contribution < 1.29 is 27.9 Å². The minimum absolute atomic E-state index is 0.0964. The average Bonchev–Trinajstić information content (AvgIpc) is 3.05. The van der Waals surface area contributed by atoms with Gasteiger partial charge in [0.25, 0.3) is 12.3 Å². The molecule has 0 spiro atoms. The van der Waals surface area contributed by atoms with Gasteiger partial charge in [-0.3, -0.25) is 9.48 Å². The van der Waals surface area contributed by atoms with Crippen LogP contribution in [-0.2, 0) is 6.54 Å². The maximum atomic E-state index is 13.2. The number of carboxylic acids is 1. The zero-order chi connectivity index (χ0) is 17.1. The lowest BCUT2D eigenvalue weighted by Gasteiger charge is -2.11. The first-order valence-corrected chi connectivity index (χ1v) is 6.78. The maximum Gasteiger partial charge on any atom is 0.371 e. The second-order valence-corrected chi connectivity index (χ2v) is 5.24. The molecule has 23 heavy (non-hydrogen) atoms. The van der Waals surface area contributed by atoms with Crippen molar-refractivity contribution in [2.75, 3.05) is 5.32 Å². The van der Waals surface area contributed by atoms with Gasteiger partial charge in [0.05, 0.1) is 11.9 Å². The summed E-state index contributed by atoms with van der Waals surface area (Å²) in [6, 6.07) is 2.26. The summed E-state index contributed by atoms with van der Waals surface area (Å²) in [7, 11) is 0. The molecule has 0 aliphatic rings. The van der Waals surface area contributed by atoms with Gasteiger partial charge in [0, 0.05) is 6.54 Å². The van der Waals surface area contributed by atoms with E-state index < -0.39 is 29.8 Å². The summed E-state index contributed by atoms with van der Waals surface area (Å²) < 4.78 is 32.4. The van der Waals surface area contributed by atoms with Crippen molar-refractivity contribution in [3.63, 3.8) is 0 Å². The Balaban J connectivity index is 2.23. The van der Waals surface area contributed by atoms with Gasteiger partial charge in [-0.2, -0.15) is 5.10 Å². The topological polar surface area (TPSA) is 97.4 Å². The number of halogens is 2. The smallest absolute Gasteiger partial charge is 0.371 e. The van der Waals surface area contributed by atoms with Crippen molar-refractivity contribution in [1.82, 2.24) is 9.78 Å². The van der Waals surface area contributed by atoms with Gasteiger partial charge in [-0.05, 0) is 18.1 Å². The van der Waals surface area contributed by atoms with Gasteiger partial charge in [0.1, 0.15) is 5.69 Å². The van der Waals surface area contributed by atoms with Gasteiger partial charge >= 0.3 is 5.97 Å². The number of nitrogens with zero attached hydrogens (tertiary/aromatic N) is 2. The third-order valence-corrected chi connectivity index (χ3v) is 2.91. The first kappa shape index (κ1) is 16.7. The minimum Gasteiger partial charge on any atom is -0.475 e. The highest BCUT2D eigenvalue weighted by Crippen LogP contribution is 2.28. The van der Waals surface area contributed by atoms with Gasteiger partial charge in [-0.25, -0.2) is 13.6 Å². The second kappa shape index (κ2) is 6.59. The summed E-state index contributed by atoms with van der Waals surface area (Å²) in [4.78, 5) is 22.7. The van der Waals surface area contributed by atoms with Gasteiger partial charge in [-0.1, -0.05) is 13.8 Å². The monoisotopic (exact) mass is 327 g/mol. The maximum absolute atomic E-state index is 13.2. The van der Waals surface area contributed by atoms with E-state index in [2.05, 4.69) is 10.4 Å². The largest absolute Gasteiger partial charge is 0.475 e. The Morgan fingerprint density at radius 3 is 2.52 bits per heavy atom. The molecule has 0 radical (unpaired) electrons. The summed E-state index contributed by atoms with van der Waals surface area (Å²) >= 11 is 0. The third kappa shape index (κ3) is 3.74. The summed E-state index contributed by atoms with van der Waals surface area (Å²) in [6.07, 6.45) is -1.69. The van der Waals surface area contributed by atoms with Crippen molar-refractivity contribution in [3.05, 3.63) is 35.5 Å². The van der Waals surface area contributed by atoms with Crippen molar-refractivity contribution in [2.45, 2.75) is 26.8 Å². The van der Waals surface area contributed by atoms with E-state index in [4.69, 9.17) is 9.52 Å². The number of carbonyl (C=O) groups excluding carboxylic acids is 1. The third-order valence-electron chi connectivity index (χ3n) is 2.91. The first-order valence-electron chi connectivity index (χ1n) is 6.78. The number of nitrogens with one attached hydrogen (secondary N) is 1. The molecular formula is C14H15F2N3O4. The van der Waals surface area contributed by atoms with Crippen LogP contribution in [0.25, 0.3) is 0 Å². The highest BCUT2D eigenvalue weighted by molar-refractivity contribution is 6.03. The predicted octanol–water partition coefficient (Wildman–Crippen LogP) is 3.02. The normalized spacial score (nSPS) is 11.2. The molecule has 1 amide bonds. The highest BCUT2D eigenvalue weighted by Gasteiger charge is 2.23. The lowest BCUT2D eigenvalue weighted by Crippen LogP contribution is -2.14. The molecular weight excluding hydrogens is 312 g/mol. The van der Waals surface area contributed by atoms with Crippen LogP contribution in [0.2, 0.25) is 0 Å². The Bertz CT molecular complexity index is 721. The number of aromatic nitrogens is 2. The number of amides is 1. The standard InChI is InChI=1S/C14H15F2N3O4/c1-7(2)6-19-11(12(15)16)8(5-17-19)18-13(20)9-3-4-10(23-9)14(21)22/h3-5,7,12H,6H2,1-2H3,(H,18,20)(H,21,22). The van der Waals surface area contributed by atoms with E-state index in [1.807, 2.05) is 13.8 Å². The number of hydrogen-bond acceptors (Lipinski definition) is 4. The van der Waals surface area contributed by atoms with Gasteiger partial charge < -0.3 is 14.8 Å². The number of carbonyl (C=O) groups is 2. The lowest BCUT2D eigenvalue weighted by molar-refractivity contribution is 0.0660. The molecule has 0 aliphatic heterocycles. The van der Waals surface area contributed by atoms with Crippen LogP contribution in [0.5, 0.6) is 0 Å². The van der Waals surface area contributed by atoms with Crippen LogP contribution in [0.1, 0.15) is 47.1 Å². The number of rotatable bonds is 6. The van der Waals surface area contributed by atoms with Gasteiger partial charge in [-0.15, -0.1) is 0 Å². The predicted molar refractivity (Wildman–Crippen MR) is 75.6 cm³/mol. The van der Waals surface area contributed by atoms with E-state index in [0.29, 0.717) is 0 Å². The van der Waals surface area contributed by atoms with Crippen LogP contribution >= 0.6 is 0 Å². The summed E-state index contributed by atoms with van der Waals surface area (Å²) in [5.41, 5.74) is -0.545. The van der Waals surface area contributed by atoms with Crippen molar-refractivity contribution in [3.8, 4) is 0 Å². The quantitative estimate of drug-likeness (QED) is 0.850. The van der Waals surface area contributed by atoms with E-state index in [0.717, 1.165) is 23.0 Å². The molecule has 0 bridgehead atoms. The van der Waals surface area contributed by atoms with Crippen LogP contribution in [0.15, 0.2) is 22.7 Å². The van der Waals surface area contributed by atoms with E-state index in [-0.39, 0.29) is 23.9 Å². The van der Waals surface area contributed by atoms with E-state index in [1.54, 1.807) is 0 Å². The summed E-state index contributed by atoms with van der Waals surface area (Å²) in [5, 5.41) is 14.9. The summed E-state index contributed by atoms with van der Waals surface area (Å²) in [5.74, 6) is -2.77. The summed E-state index contributed by atoms with van der Waals surface area (Å²) in [6.45, 7) is 3.98. The number of anilines is 1. The van der Waals surface area contributed by atoms with Crippen molar-refractivity contribution >= 4 is 17.6 Å². The van der Waals surface area contributed by atoms with Gasteiger partial charge in [0.2, 0.25) is 5.76 Å². The molecule has 2 rings (SSSR count). The molecule has 2 aromatic rings. The first-order chi connectivity index (χ1) is 10.8. The molecule has 9 heteroatoms. The SMILES string of the molecule is CC(C)Cn1ncc(NC(=O)c2ccc(C(=O)O)o2)c1C(F)F. The molecule has 0 atom stereocenters. The second-order valence-electron chi connectivity index (χ2n) is 5.24. The Hall–Kier alpha value is -2.71. The lowest BCUT2D eigenvalue weighted by atomic mass is 10.2. The Labute approximate surface area is 129 Å². The van der Waals surface area contributed by atoms with Gasteiger partial charge in [0.15, 0.2) is 5.76 Å².